The van der Waals surface area contributed by atoms with Crippen LogP contribution in [0.4, 0.5) is 0 Å². The molecule has 0 unspecified atom stereocenters. The van der Waals surface area contributed by atoms with E-state index < -0.39 is 0 Å². The van der Waals surface area contributed by atoms with Crippen LogP contribution >= 0.6 is 0 Å². The van der Waals surface area contributed by atoms with E-state index in [0.717, 1.165) is 25.7 Å². The van der Waals surface area contributed by atoms with Crippen molar-refractivity contribution in [1.29, 1.82) is 0 Å². The fraction of sp³-hybridized carbons (Fsp3) is 0.800. The monoisotopic (exact) mass is 168 g/mol. The Morgan fingerprint density at radius 2 is 1.08 bits per heavy atom. The number of Topliss-reactive ketones (excluding diaryl/α,β-unsaturated/α-hetero) is 2. The third kappa shape index (κ3) is 2.16. The molecule has 2 nitrogen and oxygen atoms in total. The first-order valence-electron chi connectivity index (χ1n) is 4.62. The molecule has 1 rings (SSSR count). The van der Waals surface area contributed by atoms with Gasteiger partial charge >= 0.3 is 0 Å². The zero-order chi connectivity index (χ0) is 9.14. The zero-order valence-corrected chi connectivity index (χ0v) is 7.80. The van der Waals surface area contributed by atoms with Crippen LogP contribution in [0.2, 0.25) is 0 Å². The Morgan fingerprint density at radius 3 is 1.25 bits per heavy atom. The Balaban J connectivity index is 2.39. The third-order valence-corrected chi connectivity index (χ3v) is 2.88. The van der Waals surface area contributed by atoms with Crippen LogP contribution in [-0.2, 0) is 9.59 Å². The van der Waals surface area contributed by atoms with Crippen molar-refractivity contribution in [1.82, 2.24) is 0 Å². The first kappa shape index (κ1) is 9.43. The normalized spacial score (nSPS) is 29.8. The molecule has 0 aromatic carbocycles. The summed E-state index contributed by atoms with van der Waals surface area (Å²) in [5, 5.41) is 0. The summed E-state index contributed by atoms with van der Waals surface area (Å²) in [5.74, 6) is 1.05. The van der Waals surface area contributed by atoms with Crippen LogP contribution in [0.3, 0.4) is 0 Å². The van der Waals surface area contributed by atoms with Crippen molar-refractivity contribution in [3.63, 3.8) is 0 Å². The molecule has 0 spiro atoms. The van der Waals surface area contributed by atoms with Gasteiger partial charge in [-0.25, -0.2) is 0 Å². The summed E-state index contributed by atoms with van der Waals surface area (Å²) in [4.78, 5) is 22.0. The summed E-state index contributed by atoms with van der Waals surface area (Å²) >= 11 is 0. The Kier molecular flexibility index (Phi) is 3.01. The van der Waals surface area contributed by atoms with Gasteiger partial charge in [-0.15, -0.1) is 0 Å². The first-order valence-corrected chi connectivity index (χ1v) is 4.62. The lowest BCUT2D eigenvalue weighted by Crippen LogP contribution is -2.23. The lowest BCUT2D eigenvalue weighted by Gasteiger charge is -2.24. The van der Waals surface area contributed by atoms with Gasteiger partial charge in [0.1, 0.15) is 11.6 Å². The van der Waals surface area contributed by atoms with Crippen molar-refractivity contribution in [2.45, 2.75) is 39.5 Å². The average molecular weight is 168 g/mol. The van der Waals surface area contributed by atoms with E-state index >= 15 is 0 Å². The number of ketones is 2. The summed E-state index contributed by atoms with van der Waals surface area (Å²) in [6.07, 6.45) is 3.66. The van der Waals surface area contributed by atoms with E-state index in [9.17, 15) is 9.59 Å². The van der Waals surface area contributed by atoms with Gasteiger partial charge in [-0.3, -0.25) is 9.59 Å². The molecule has 0 aromatic rings. The van der Waals surface area contributed by atoms with Gasteiger partial charge in [0, 0.05) is 11.8 Å². The highest BCUT2D eigenvalue weighted by Gasteiger charge is 2.25. The number of carbonyl (C=O) groups is 2. The van der Waals surface area contributed by atoms with Gasteiger partial charge in [-0.05, 0) is 39.5 Å². The van der Waals surface area contributed by atoms with Gasteiger partial charge in [0.25, 0.3) is 0 Å². The van der Waals surface area contributed by atoms with E-state index in [4.69, 9.17) is 0 Å². The lowest BCUT2D eigenvalue weighted by atomic mass is 9.79. The van der Waals surface area contributed by atoms with Crippen LogP contribution in [0.5, 0.6) is 0 Å². The molecule has 0 N–H and O–H groups in total. The van der Waals surface area contributed by atoms with Gasteiger partial charge in [0.15, 0.2) is 0 Å². The first-order chi connectivity index (χ1) is 5.61. The predicted molar refractivity (Wildman–Crippen MR) is 46.8 cm³/mol. The standard InChI is InChI=1S/C10H16O2/c1-7(11)9-3-5-10(6-4-9)8(2)12/h9-10H,3-6H2,1-2H3/t9-,10+. The molecular weight excluding hydrogens is 152 g/mol. The SMILES string of the molecule is CC(=O)[C@H]1CC[C@@H](C(C)=O)CC1. The van der Waals surface area contributed by atoms with E-state index in [1.54, 1.807) is 13.8 Å². The van der Waals surface area contributed by atoms with Gasteiger partial charge in [-0.1, -0.05) is 0 Å². The summed E-state index contributed by atoms with van der Waals surface area (Å²) in [6, 6.07) is 0. The number of hydrogen-bond donors (Lipinski definition) is 0. The minimum absolute atomic E-state index is 0.237. The second kappa shape index (κ2) is 3.83. The zero-order valence-electron chi connectivity index (χ0n) is 7.80. The minimum atomic E-state index is 0.237. The molecule has 0 saturated heterocycles. The highest BCUT2D eigenvalue weighted by atomic mass is 16.1. The fourth-order valence-corrected chi connectivity index (χ4v) is 1.91. The van der Waals surface area contributed by atoms with Gasteiger partial charge in [0.05, 0.1) is 0 Å². The van der Waals surface area contributed by atoms with E-state index in [2.05, 4.69) is 0 Å². The van der Waals surface area contributed by atoms with E-state index in [0.29, 0.717) is 0 Å². The second-order valence-electron chi connectivity index (χ2n) is 3.77. The van der Waals surface area contributed by atoms with E-state index in [1.165, 1.54) is 0 Å². The average Bonchev–Trinajstić information content (AvgIpc) is 2.04. The molecule has 68 valence electrons. The Labute approximate surface area is 73.3 Å². The van der Waals surface area contributed by atoms with Gasteiger partial charge < -0.3 is 0 Å². The molecule has 2 heteroatoms. The molecule has 1 aliphatic carbocycles. The van der Waals surface area contributed by atoms with Gasteiger partial charge in [-0.2, -0.15) is 0 Å². The molecule has 1 aliphatic rings. The number of hydrogen-bond acceptors (Lipinski definition) is 2. The molecule has 0 aromatic heterocycles. The lowest BCUT2D eigenvalue weighted by molar-refractivity contribution is -0.126. The molecule has 0 bridgehead atoms. The van der Waals surface area contributed by atoms with Crippen LogP contribution in [0.1, 0.15) is 39.5 Å². The Bertz CT molecular complexity index is 166. The van der Waals surface area contributed by atoms with Crippen molar-refractivity contribution in [2.24, 2.45) is 11.8 Å². The molecule has 0 atom stereocenters. The van der Waals surface area contributed by atoms with Crippen LogP contribution in [0.25, 0.3) is 0 Å². The van der Waals surface area contributed by atoms with Crippen molar-refractivity contribution >= 4 is 11.6 Å². The maximum absolute atomic E-state index is 11.0. The van der Waals surface area contributed by atoms with Gasteiger partial charge in [0.2, 0.25) is 0 Å². The van der Waals surface area contributed by atoms with Crippen molar-refractivity contribution in [2.75, 3.05) is 0 Å². The van der Waals surface area contributed by atoms with Crippen LogP contribution < -0.4 is 0 Å². The Hall–Kier alpha value is -0.660. The Morgan fingerprint density at radius 1 is 0.833 bits per heavy atom. The van der Waals surface area contributed by atoms with Crippen LogP contribution in [-0.4, -0.2) is 11.6 Å². The summed E-state index contributed by atoms with van der Waals surface area (Å²) in [6.45, 7) is 3.30. The molecule has 1 saturated carbocycles. The fourth-order valence-electron chi connectivity index (χ4n) is 1.91. The number of carbonyl (C=O) groups excluding carboxylic acids is 2. The highest BCUT2D eigenvalue weighted by Crippen LogP contribution is 2.29. The van der Waals surface area contributed by atoms with Crippen molar-refractivity contribution in [3.8, 4) is 0 Å². The maximum Gasteiger partial charge on any atom is 0.132 e. The molecule has 0 amide bonds. The minimum Gasteiger partial charge on any atom is -0.300 e. The van der Waals surface area contributed by atoms with E-state index in [-0.39, 0.29) is 23.4 Å². The predicted octanol–water partition coefficient (Wildman–Crippen LogP) is 1.97. The molecule has 12 heavy (non-hydrogen) atoms. The molecule has 0 aliphatic heterocycles. The van der Waals surface area contributed by atoms with Crippen LogP contribution in [0, 0.1) is 11.8 Å². The third-order valence-electron chi connectivity index (χ3n) is 2.88. The summed E-state index contributed by atoms with van der Waals surface area (Å²) in [7, 11) is 0. The number of rotatable bonds is 2. The van der Waals surface area contributed by atoms with Crippen LogP contribution in [0.15, 0.2) is 0 Å². The van der Waals surface area contributed by atoms with Crippen molar-refractivity contribution in [3.05, 3.63) is 0 Å². The molecule has 1 fully saturated rings. The molecule has 0 heterocycles. The second-order valence-corrected chi connectivity index (χ2v) is 3.77. The molecular formula is C10H16O2. The van der Waals surface area contributed by atoms with E-state index in [1.807, 2.05) is 0 Å². The van der Waals surface area contributed by atoms with Crippen molar-refractivity contribution < 1.29 is 9.59 Å². The largest absolute Gasteiger partial charge is 0.300 e. The quantitative estimate of drug-likeness (QED) is 0.631. The smallest absolute Gasteiger partial charge is 0.132 e. The summed E-state index contributed by atoms with van der Waals surface area (Å²) < 4.78 is 0. The highest BCUT2D eigenvalue weighted by molar-refractivity contribution is 5.80. The topological polar surface area (TPSA) is 34.1 Å². The summed E-state index contributed by atoms with van der Waals surface area (Å²) in [5.41, 5.74) is 0. The molecule has 0 radical (unpaired) electrons. The maximum atomic E-state index is 11.0.